The van der Waals surface area contributed by atoms with Gasteiger partial charge in [0, 0.05) is 37.5 Å². The number of nitrogens with zero attached hydrogens (tertiary/aromatic N) is 1. The highest BCUT2D eigenvalue weighted by molar-refractivity contribution is 5.92. The number of anilines is 1. The lowest BCUT2D eigenvalue weighted by Gasteiger charge is -2.12. The Morgan fingerprint density at radius 2 is 1.96 bits per heavy atom. The van der Waals surface area contributed by atoms with E-state index in [1.807, 2.05) is 49.4 Å². The van der Waals surface area contributed by atoms with Crippen LogP contribution in [0.25, 0.3) is 0 Å². The number of aryl methyl sites for hydroxylation is 1. The molecular formula is C20H27N3O3. The Morgan fingerprint density at radius 1 is 1.12 bits per heavy atom. The molecule has 0 saturated heterocycles. The lowest BCUT2D eigenvalue weighted by atomic mass is 10.1. The molecule has 0 unspecified atom stereocenters. The first-order valence-electron chi connectivity index (χ1n) is 8.54. The van der Waals surface area contributed by atoms with Crippen LogP contribution in [0, 0.1) is 6.92 Å². The Labute approximate surface area is 155 Å². The normalized spacial score (nSPS) is 11.3. The van der Waals surface area contributed by atoms with E-state index in [9.17, 15) is 0 Å². The Hall–Kier alpha value is -2.73. The van der Waals surface area contributed by atoms with Crippen molar-refractivity contribution in [2.75, 3.05) is 32.8 Å². The number of hydrogen-bond donors (Lipinski definition) is 2. The van der Waals surface area contributed by atoms with Gasteiger partial charge < -0.3 is 25.3 Å². The van der Waals surface area contributed by atoms with Crippen LogP contribution in [0.4, 0.5) is 5.69 Å². The molecule has 0 aromatic heterocycles. The van der Waals surface area contributed by atoms with E-state index in [0.29, 0.717) is 25.7 Å². The monoisotopic (exact) mass is 357 g/mol. The Bertz CT molecular complexity index is 732. The zero-order valence-electron chi connectivity index (χ0n) is 15.6. The molecule has 0 bridgehead atoms. The van der Waals surface area contributed by atoms with Crippen molar-refractivity contribution < 1.29 is 14.2 Å². The molecule has 0 atom stereocenters. The summed E-state index contributed by atoms with van der Waals surface area (Å²) in [5.74, 6) is 1.93. The van der Waals surface area contributed by atoms with Crippen molar-refractivity contribution in [1.82, 2.24) is 0 Å². The van der Waals surface area contributed by atoms with Gasteiger partial charge >= 0.3 is 0 Å². The van der Waals surface area contributed by atoms with Gasteiger partial charge in [-0.2, -0.15) is 0 Å². The van der Waals surface area contributed by atoms with E-state index in [1.54, 1.807) is 14.2 Å². The Kier molecular flexibility index (Phi) is 7.76. The molecule has 2 aromatic rings. The van der Waals surface area contributed by atoms with Crippen molar-refractivity contribution in [3.8, 4) is 11.5 Å². The number of ether oxygens (including phenoxy) is 3. The number of methoxy groups -OCH3 is 2. The van der Waals surface area contributed by atoms with Crippen LogP contribution in [0.3, 0.4) is 0 Å². The van der Waals surface area contributed by atoms with Gasteiger partial charge in [-0.15, -0.1) is 0 Å². The third-order valence-corrected chi connectivity index (χ3v) is 3.73. The summed E-state index contributed by atoms with van der Waals surface area (Å²) < 4.78 is 16.1. The predicted molar refractivity (Wildman–Crippen MR) is 105 cm³/mol. The van der Waals surface area contributed by atoms with Crippen LogP contribution in [0.2, 0.25) is 0 Å². The summed E-state index contributed by atoms with van der Waals surface area (Å²) in [7, 11) is 3.31. The van der Waals surface area contributed by atoms with Crippen LogP contribution < -0.4 is 20.5 Å². The molecule has 2 aromatic carbocycles. The van der Waals surface area contributed by atoms with E-state index in [-0.39, 0.29) is 0 Å². The molecule has 0 aliphatic heterocycles. The zero-order valence-corrected chi connectivity index (χ0v) is 15.6. The summed E-state index contributed by atoms with van der Waals surface area (Å²) in [4.78, 5) is 4.42. The number of aliphatic imine (C=N–C) groups is 1. The summed E-state index contributed by atoms with van der Waals surface area (Å²) in [6.45, 7) is 3.75. The molecule has 0 amide bonds. The van der Waals surface area contributed by atoms with Gasteiger partial charge in [-0.3, -0.25) is 0 Å². The first-order chi connectivity index (χ1) is 12.6. The quantitative estimate of drug-likeness (QED) is 0.409. The van der Waals surface area contributed by atoms with Gasteiger partial charge in [-0.25, -0.2) is 4.99 Å². The van der Waals surface area contributed by atoms with Gasteiger partial charge in [0.25, 0.3) is 0 Å². The molecule has 0 spiro atoms. The minimum atomic E-state index is 0.337. The summed E-state index contributed by atoms with van der Waals surface area (Å²) >= 11 is 0. The average Bonchev–Trinajstić information content (AvgIpc) is 2.64. The maximum atomic E-state index is 6.01. The highest BCUT2D eigenvalue weighted by atomic mass is 16.5. The summed E-state index contributed by atoms with van der Waals surface area (Å²) in [6.07, 6.45) is 0.840. The molecule has 0 aliphatic rings. The topological polar surface area (TPSA) is 78.1 Å². The summed E-state index contributed by atoms with van der Waals surface area (Å²) in [5, 5.41) is 3.07. The fraction of sp³-hybridized carbons (Fsp3) is 0.350. The fourth-order valence-corrected chi connectivity index (χ4v) is 2.37. The van der Waals surface area contributed by atoms with Gasteiger partial charge in [-0.05, 0) is 30.7 Å². The van der Waals surface area contributed by atoms with Gasteiger partial charge in [0.1, 0.15) is 11.5 Å². The standard InChI is InChI=1S/C20H27N3O3/c1-15-8-9-16(19(12-15)26-11-5-10-24-2)14-22-20(21)23-17-6-4-7-18(13-17)25-3/h4,6-9,12-13H,5,10-11,14H2,1-3H3,(H3,21,22,23). The van der Waals surface area contributed by atoms with E-state index >= 15 is 0 Å². The van der Waals surface area contributed by atoms with E-state index in [2.05, 4.69) is 10.3 Å². The zero-order chi connectivity index (χ0) is 18.8. The Morgan fingerprint density at radius 3 is 2.73 bits per heavy atom. The molecule has 0 heterocycles. The van der Waals surface area contributed by atoms with E-state index in [1.165, 1.54) is 0 Å². The predicted octanol–water partition coefficient (Wildman–Crippen LogP) is 3.35. The minimum Gasteiger partial charge on any atom is -0.497 e. The highest BCUT2D eigenvalue weighted by Crippen LogP contribution is 2.22. The molecule has 0 aliphatic carbocycles. The number of rotatable bonds is 9. The van der Waals surface area contributed by atoms with E-state index in [0.717, 1.165) is 34.7 Å². The summed E-state index contributed by atoms with van der Waals surface area (Å²) in [6, 6.07) is 13.6. The molecule has 3 N–H and O–H groups in total. The van der Waals surface area contributed by atoms with Gasteiger partial charge in [-0.1, -0.05) is 18.2 Å². The maximum Gasteiger partial charge on any atom is 0.193 e. The van der Waals surface area contributed by atoms with Crippen LogP contribution >= 0.6 is 0 Å². The minimum absolute atomic E-state index is 0.337. The van der Waals surface area contributed by atoms with Crippen LogP contribution in [0.15, 0.2) is 47.5 Å². The van der Waals surface area contributed by atoms with Crippen LogP contribution in [-0.4, -0.2) is 33.4 Å². The highest BCUT2D eigenvalue weighted by Gasteiger charge is 2.05. The van der Waals surface area contributed by atoms with Crippen molar-refractivity contribution in [1.29, 1.82) is 0 Å². The molecular weight excluding hydrogens is 330 g/mol. The second-order valence-corrected chi connectivity index (χ2v) is 5.86. The Balaban J connectivity index is 2.01. The van der Waals surface area contributed by atoms with Crippen molar-refractivity contribution in [3.05, 3.63) is 53.6 Å². The van der Waals surface area contributed by atoms with Crippen molar-refractivity contribution >= 4 is 11.6 Å². The van der Waals surface area contributed by atoms with E-state index < -0.39 is 0 Å². The smallest absolute Gasteiger partial charge is 0.193 e. The van der Waals surface area contributed by atoms with Gasteiger partial charge in [0.15, 0.2) is 5.96 Å². The molecule has 0 saturated carbocycles. The molecule has 0 radical (unpaired) electrons. The van der Waals surface area contributed by atoms with Crippen LogP contribution in [-0.2, 0) is 11.3 Å². The second-order valence-electron chi connectivity index (χ2n) is 5.86. The molecule has 0 fully saturated rings. The first kappa shape index (κ1) is 19.6. The second kappa shape index (κ2) is 10.3. The third-order valence-electron chi connectivity index (χ3n) is 3.73. The number of hydrogen-bond acceptors (Lipinski definition) is 4. The molecule has 2 rings (SSSR count). The van der Waals surface area contributed by atoms with Crippen molar-refractivity contribution in [3.63, 3.8) is 0 Å². The maximum absolute atomic E-state index is 6.01. The van der Waals surface area contributed by atoms with Crippen molar-refractivity contribution in [2.24, 2.45) is 10.7 Å². The third kappa shape index (κ3) is 6.29. The molecule has 6 nitrogen and oxygen atoms in total. The average molecular weight is 357 g/mol. The summed E-state index contributed by atoms with van der Waals surface area (Å²) in [5.41, 5.74) is 8.96. The van der Waals surface area contributed by atoms with E-state index in [4.69, 9.17) is 19.9 Å². The molecule has 6 heteroatoms. The van der Waals surface area contributed by atoms with Crippen molar-refractivity contribution in [2.45, 2.75) is 19.9 Å². The van der Waals surface area contributed by atoms with Crippen LogP contribution in [0.1, 0.15) is 17.5 Å². The molecule has 140 valence electrons. The lowest BCUT2D eigenvalue weighted by molar-refractivity contribution is 0.172. The van der Waals surface area contributed by atoms with Crippen LogP contribution in [0.5, 0.6) is 11.5 Å². The lowest BCUT2D eigenvalue weighted by Crippen LogP contribution is -2.22. The number of nitrogens with two attached hydrogens (primary N) is 1. The number of benzene rings is 2. The fourth-order valence-electron chi connectivity index (χ4n) is 2.37. The number of nitrogens with one attached hydrogen (secondary N) is 1. The molecule has 26 heavy (non-hydrogen) atoms. The van der Waals surface area contributed by atoms with Gasteiger partial charge in [0.2, 0.25) is 0 Å². The SMILES string of the molecule is COCCCOc1cc(C)ccc1CN=C(N)Nc1cccc(OC)c1. The number of guanidine groups is 1. The largest absolute Gasteiger partial charge is 0.497 e. The first-order valence-corrected chi connectivity index (χ1v) is 8.54. The van der Waals surface area contributed by atoms with Gasteiger partial charge in [0.05, 0.1) is 20.3 Å².